The number of carbonyl (C=O) groups excluding carboxylic acids is 2. The Morgan fingerprint density at radius 3 is 1.94 bits per heavy atom. The van der Waals surface area contributed by atoms with Crippen molar-refractivity contribution < 1.29 is 9.59 Å². The maximum absolute atomic E-state index is 11.3. The van der Waals surface area contributed by atoms with E-state index < -0.39 is 0 Å². The zero-order chi connectivity index (χ0) is 13.2. The van der Waals surface area contributed by atoms with Crippen LogP contribution in [-0.4, -0.2) is 11.8 Å². The first kappa shape index (κ1) is 14.9. The maximum atomic E-state index is 11.3. The molecule has 3 nitrogen and oxygen atoms in total. The Balaban J connectivity index is 1.91. The summed E-state index contributed by atoms with van der Waals surface area (Å²) in [5.74, 6) is -0.453. The third-order valence-electron chi connectivity index (χ3n) is 3.38. The number of nitrogens with one attached hydrogen (secondary N) is 1. The van der Waals surface area contributed by atoms with Gasteiger partial charge in [0.1, 0.15) is 0 Å². The summed E-state index contributed by atoms with van der Waals surface area (Å²) in [6, 6.07) is 0. The van der Waals surface area contributed by atoms with Crippen molar-refractivity contribution in [2.75, 3.05) is 0 Å². The molecule has 1 aliphatic rings. The molecule has 1 N–H and O–H groups in total. The highest BCUT2D eigenvalue weighted by Gasteiger charge is 2.19. The Bertz CT molecular complexity index is 308. The van der Waals surface area contributed by atoms with Crippen molar-refractivity contribution in [3.05, 3.63) is 11.6 Å². The van der Waals surface area contributed by atoms with Crippen molar-refractivity contribution in [1.29, 1.82) is 0 Å². The van der Waals surface area contributed by atoms with Crippen LogP contribution in [0, 0.1) is 0 Å². The monoisotopic (exact) mass is 251 g/mol. The van der Waals surface area contributed by atoms with E-state index in [0.29, 0.717) is 5.57 Å². The van der Waals surface area contributed by atoms with Crippen LogP contribution >= 0.6 is 0 Å². The zero-order valence-corrected chi connectivity index (χ0v) is 11.5. The fourth-order valence-electron chi connectivity index (χ4n) is 2.26. The number of imide groups is 1. The Hall–Kier alpha value is -1.12. The van der Waals surface area contributed by atoms with Gasteiger partial charge in [-0.05, 0) is 12.8 Å². The topological polar surface area (TPSA) is 46.2 Å². The van der Waals surface area contributed by atoms with Crippen LogP contribution < -0.4 is 5.32 Å². The van der Waals surface area contributed by atoms with Gasteiger partial charge in [0, 0.05) is 11.6 Å². The highest BCUT2D eigenvalue weighted by Crippen LogP contribution is 2.15. The zero-order valence-electron chi connectivity index (χ0n) is 11.5. The van der Waals surface area contributed by atoms with E-state index in [2.05, 4.69) is 12.2 Å². The lowest BCUT2D eigenvalue weighted by atomic mass is 10.0. The third kappa shape index (κ3) is 5.99. The molecule has 0 radical (unpaired) electrons. The van der Waals surface area contributed by atoms with Crippen LogP contribution in [-0.2, 0) is 9.59 Å². The minimum atomic E-state index is -0.258. The van der Waals surface area contributed by atoms with E-state index in [4.69, 9.17) is 0 Å². The summed E-state index contributed by atoms with van der Waals surface area (Å²) >= 11 is 0. The molecule has 0 unspecified atom stereocenters. The maximum Gasteiger partial charge on any atom is 0.254 e. The van der Waals surface area contributed by atoms with Gasteiger partial charge in [-0.25, -0.2) is 0 Å². The first-order chi connectivity index (χ1) is 8.74. The first-order valence-corrected chi connectivity index (χ1v) is 7.30. The molecule has 18 heavy (non-hydrogen) atoms. The minimum Gasteiger partial charge on any atom is -0.289 e. The number of rotatable bonds is 10. The number of hydrogen-bond donors (Lipinski definition) is 1. The van der Waals surface area contributed by atoms with Gasteiger partial charge in [-0.2, -0.15) is 0 Å². The average molecular weight is 251 g/mol. The SMILES string of the molecule is CCCCCCCCCCCC1=CC(=O)NC1=O. The van der Waals surface area contributed by atoms with E-state index in [0.717, 1.165) is 19.3 Å². The first-order valence-electron chi connectivity index (χ1n) is 7.30. The number of hydrogen-bond acceptors (Lipinski definition) is 2. The van der Waals surface area contributed by atoms with E-state index in [9.17, 15) is 9.59 Å². The second-order valence-electron chi connectivity index (χ2n) is 5.07. The van der Waals surface area contributed by atoms with Crippen molar-refractivity contribution >= 4 is 11.8 Å². The molecule has 0 aromatic rings. The van der Waals surface area contributed by atoms with Crippen LogP contribution in [0.5, 0.6) is 0 Å². The van der Waals surface area contributed by atoms with Crippen LogP contribution in [0.25, 0.3) is 0 Å². The van der Waals surface area contributed by atoms with Crippen molar-refractivity contribution in [2.24, 2.45) is 0 Å². The smallest absolute Gasteiger partial charge is 0.254 e. The second kappa shape index (κ2) is 8.90. The number of amides is 2. The third-order valence-corrected chi connectivity index (χ3v) is 3.38. The molecule has 0 fully saturated rings. The van der Waals surface area contributed by atoms with Gasteiger partial charge < -0.3 is 0 Å². The van der Waals surface area contributed by atoms with Gasteiger partial charge in [0.2, 0.25) is 0 Å². The molecule has 0 aliphatic carbocycles. The van der Waals surface area contributed by atoms with Crippen molar-refractivity contribution in [3.63, 3.8) is 0 Å². The molecular formula is C15H25NO2. The normalized spacial score (nSPS) is 14.8. The van der Waals surface area contributed by atoms with E-state index in [1.807, 2.05) is 0 Å². The van der Waals surface area contributed by atoms with Gasteiger partial charge in [-0.15, -0.1) is 0 Å². The standard InChI is InChI=1S/C15H25NO2/c1-2-3-4-5-6-7-8-9-10-11-13-12-14(17)16-15(13)18/h12H,2-11H2,1H3,(H,16,17,18). The Morgan fingerprint density at radius 2 is 1.44 bits per heavy atom. The molecule has 0 atom stereocenters. The Kier molecular flexibility index (Phi) is 7.38. The number of carbonyl (C=O) groups is 2. The van der Waals surface area contributed by atoms with Crippen LogP contribution in [0.15, 0.2) is 11.6 Å². The molecule has 102 valence electrons. The van der Waals surface area contributed by atoms with Crippen LogP contribution in [0.4, 0.5) is 0 Å². The second-order valence-corrected chi connectivity index (χ2v) is 5.07. The van der Waals surface area contributed by atoms with Crippen LogP contribution in [0.2, 0.25) is 0 Å². The quantitative estimate of drug-likeness (QED) is 0.477. The minimum absolute atomic E-state index is 0.195. The van der Waals surface area contributed by atoms with Gasteiger partial charge in [0.05, 0.1) is 0 Å². The van der Waals surface area contributed by atoms with E-state index in [1.54, 1.807) is 0 Å². The van der Waals surface area contributed by atoms with Crippen LogP contribution in [0.3, 0.4) is 0 Å². The highest BCUT2D eigenvalue weighted by atomic mass is 16.2. The molecule has 1 aliphatic heterocycles. The molecule has 0 aromatic carbocycles. The molecule has 3 heteroatoms. The molecule has 1 rings (SSSR count). The van der Waals surface area contributed by atoms with E-state index in [1.165, 1.54) is 51.0 Å². The van der Waals surface area contributed by atoms with Gasteiger partial charge in [0.15, 0.2) is 0 Å². The molecule has 2 amide bonds. The van der Waals surface area contributed by atoms with E-state index in [-0.39, 0.29) is 11.8 Å². The fourth-order valence-corrected chi connectivity index (χ4v) is 2.26. The summed E-state index contributed by atoms with van der Waals surface area (Å²) in [5, 5.41) is 2.28. The molecule has 1 heterocycles. The largest absolute Gasteiger partial charge is 0.289 e. The molecule has 0 saturated heterocycles. The van der Waals surface area contributed by atoms with Gasteiger partial charge in [-0.1, -0.05) is 58.3 Å². The van der Waals surface area contributed by atoms with Crippen molar-refractivity contribution in [2.45, 2.75) is 71.1 Å². The highest BCUT2D eigenvalue weighted by molar-refractivity contribution is 6.16. The summed E-state index contributed by atoms with van der Waals surface area (Å²) in [7, 11) is 0. The van der Waals surface area contributed by atoms with Gasteiger partial charge in [-0.3, -0.25) is 14.9 Å². The summed E-state index contributed by atoms with van der Waals surface area (Å²) in [4.78, 5) is 22.2. The number of unbranched alkanes of at least 4 members (excludes halogenated alkanes) is 8. The molecule has 0 spiro atoms. The Morgan fingerprint density at radius 1 is 0.889 bits per heavy atom. The molecule has 0 bridgehead atoms. The molecule has 0 aromatic heterocycles. The average Bonchev–Trinajstić information content (AvgIpc) is 2.66. The van der Waals surface area contributed by atoms with Gasteiger partial charge in [0.25, 0.3) is 11.8 Å². The van der Waals surface area contributed by atoms with Crippen LogP contribution in [0.1, 0.15) is 71.1 Å². The van der Waals surface area contributed by atoms with Crippen molar-refractivity contribution in [1.82, 2.24) is 5.32 Å². The fraction of sp³-hybridized carbons (Fsp3) is 0.733. The van der Waals surface area contributed by atoms with Crippen molar-refractivity contribution in [3.8, 4) is 0 Å². The summed E-state index contributed by atoms with van der Waals surface area (Å²) in [6.07, 6.45) is 13.6. The summed E-state index contributed by atoms with van der Waals surface area (Å²) in [6.45, 7) is 2.23. The van der Waals surface area contributed by atoms with E-state index >= 15 is 0 Å². The molecule has 0 saturated carbocycles. The lowest BCUT2D eigenvalue weighted by molar-refractivity contribution is -0.123. The lowest BCUT2D eigenvalue weighted by Gasteiger charge is -2.02. The summed E-state index contributed by atoms with van der Waals surface area (Å²) in [5.41, 5.74) is 0.656. The Labute approximate surface area is 110 Å². The molecular weight excluding hydrogens is 226 g/mol. The summed E-state index contributed by atoms with van der Waals surface area (Å²) < 4.78 is 0. The predicted molar refractivity (Wildman–Crippen MR) is 73.1 cm³/mol. The van der Waals surface area contributed by atoms with Gasteiger partial charge >= 0.3 is 0 Å². The predicted octanol–water partition coefficient (Wildman–Crippen LogP) is 3.49. The lowest BCUT2D eigenvalue weighted by Crippen LogP contribution is -2.22.